The van der Waals surface area contributed by atoms with Gasteiger partial charge in [-0.05, 0) is 37.6 Å². The molecule has 4 rings (SSSR count). The summed E-state index contributed by atoms with van der Waals surface area (Å²) in [6.45, 7) is 4.61. The number of amides is 3. The molecule has 2 aromatic rings. The van der Waals surface area contributed by atoms with Crippen LogP contribution in [0.3, 0.4) is 0 Å². The van der Waals surface area contributed by atoms with E-state index >= 15 is 0 Å². The monoisotopic (exact) mass is 529 g/mol. The van der Waals surface area contributed by atoms with Crippen LogP contribution >= 0.6 is 23.4 Å². The molecule has 190 valence electrons. The number of likely N-dealkylation sites (N-methyl/N-ethyl adjacent to an activating group) is 1. The van der Waals surface area contributed by atoms with E-state index in [1.807, 2.05) is 44.2 Å². The average molecular weight is 530 g/mol. The average Bonchev–Trinajstić information content (AvgIpc) is 3.28. The number of halogens is 1. The topological polar surface area (TPSA) is 96.0 Å². The van der Waals surface area contributed by atoms with Crippen LogP contribution in [0, 0.1) is 0 Å². The Balaban J connectivity index is 1.76. The van der Waals surface area contributed by atoms with E-state index < -0.39 is 35.2 Å². The molecule has 0 unspecified atom stereocenters. The van der Waals surface area contributed by atoms with Crippen LogP contribution in [0.2, 0.25) is 5.02 Å². The van der Waals surface area contributed by atoms with Gasteiger partial charge in [0.15, 0.2) is 6.10 Å². The highest BCUT2D eigenvalue weighted by Crippen LogP contribution is 2.46. The maximum Gasteiger partial charge on any atom is 0.306 e. The van der Waals surface area contributed by atoms with E-state index in [1.165, 1.54) is 16.7 Å². The van der Waals surface area contributed by atoms with Crippen LogP contribution in [0.5, 0.6) is 0 Å². The smallest absolute Gasteiger partial charge is 0.306 e. The van der Waals surface area contributed by atoms with E-state index in [-0.39, 0.29) is 25.3 Å². The molecule has 0 bridgehead atoms. The number of ether oxygens (including phenoxy) is 1. The summed E-state index contributed by atoms with van der Waals surface area (Å²) in [5.74, 6) is -1.59. The molecule has 1 N–H and O–H groups in total. The number of benzene rings is 2. The number of hydrogen-bond donors (Lipinski definition) is 1. The van der Waals surface area contributed by atoms with Crippen molar-refractivity contribution in [1.29, 1.82) is 0 Å². The summed E-state index contributed by atoms with van der Waals surface area (Å²) in [6, 6.07) is 13.5. The molecule has 36 heavy (non-hydrogen) atoms. The van der Waals surface area contributed by atoms with Gasteiger partial charge in [-0.25, -0.2) is 0 Å². The van der Waals surface area contributed by atoms with Crippen LogP contribution in [-0.2, 0) is 23.9 Å². The SMILES string of the molecule is CCN(CC)C(=O)CN1C(=O)[C@H](NC(=O)[C@@H]2CCC(=O)O2)[C@@H](c2ccccc2)Sc2cc(Cl)ccc21. The Morgan fingerprint density at radius 1 is 1.14 bits per heavy atom. The Labute approximate surface area is 219 Å². The van der Waals surface area contributed by atoms with Crippen molar-refractivity contribution >= 4 is 52.7 Å². The molecule has 2 aliphatic rings. The van der Waals surface area contributed by atoms with Crippen LogP contribution in [0.15, 0.2) is 53.4 Å². The third-order valence-electron chi connectivity index (χ3n) is 6.31. The Morgan fingerprint density at radius 2 is 1.86 bits per heavy atom. The van der Waals surface area contributed by atoms with Gasteiger partial charge in [0.05, 0.1) is 10.9 Å². The van der Waals surface area contributed by atoms with Crippen molar-refractivity contribution in [3.8, 4) is 0 Å². The first-order valence-corrected chi connectivity index (χ1v) is 13.2. The number of nitrogens with one attached hydrogen (secondary N) is 1. The summed E-state index contributed by atoms with van der Waals surface area (Å²) >= 11 is 7.72. The lowest BCUT2D eigenvalue weighted by Crippen LogP contribution is -2.54. The van der Waals surface area contributed by atoms with E-state index in [9.17, 15) is 19.2 Å². The van der Waals surface area contributed by atoms with Crippen molar-refractivity contribution in [3.05, 3.63) is 59.1 Å². The number of nitrogens with zero attached hydrogens (tertiary/aromatic N) is 2. The molecule has 2 heterocycles. The van der Waals surface area contributed by atoms with Crippen molar-refractivity contribution in [2.75, 3.05) is 24.5 Å². The van der Waals surface area contributed by atoms with Crippen LogP contribution in [-0.4, -0.2) is 60.4 Å². The summed E-state index contributed by atoms with van der Waals surface area (Å²) in [5.41, 5.74) is 1.38. The Hall–Kier alpha value is -3.04. The molecule has 8 nitrogen and oxygen atoms in total. The number of fused-ring (bicyclic) bond motifs is 1. The largest absolute Gasteiger partial charge is 0.452 e. The van der Waals surface area contributed by atoms with Gasteiger partial charge in [0.2, 0.25) is 5.91 Å². The Kier molecular flexibility index (Phi) is 8.21. The minimum atomic E-state index is -1.01. The van der Waals surface area contributed by atoms with Crippen LogP contribution in [0.1, 0.15) is 37.5 Å². The molecular formula is C26H28ClN3O5S. The fraction of sp³-hybridized carbons (Fsp3) is 0.385. The van der Waals surface area contributed by atoms with Crippen LogP contribution in [0.4, 0.5) is 5.69 Å². The zero-order valence-electron chi connectivity index (χ0n) is 20.1. The maximum atomic E-state index is 14.1. The van der Waals surface area contributed by atoms with Crippen molar-refractivity contribution in [2.24, 2.45) is 0 Å². The predicted octanol–water partition coefficient (Wildman–Crippen LogP) is 3.58. The molecule has 0 aliphatic carbocycles. The first kappa shape index (κ1) is 26.0. The zero-order chi connectivity index (χ0) is 25.8. The molecule has 10 heteroatoms. The van der Waals surface area contributed by atoms with Crippen molar-refractivity contribution in [2.45, 2.75) is 49.0 Å². The summed E-state index contributed by atoms with van der Waals surface area (Å²) in [5, 5.41) is 2.83. The molecule has 1 fully saturated rings. The van der Waals surface area contributed by atoms with Gasteiger partial charge in [-0.15, -0.1) is 11.8 Å². The minimum Gasteiger partial charge on any atom is -0.452 e. The summed E-state index contributed by atoms with van der Waals surface area (Å²) in [7, 11) is 0. The molecule has 2 aromatic carbocycles. The standard InChI is InChI=1S/C26H28ClN3O5S/c1-3-29(4-2)21(31)15-30-18-11-10-17(27)14-20(18)36-24(16-8-6-5-7-9-16)23(26(30)34)28-25(33)19-12-13-22(32)35-19/h5-11,14,19,23-24H,3-4,12-13,15H2,1-2H3,(H,28,33)/t19-,23+,24+/m0/s1. The van der Waals surface area contributed by atoms with Gasteiger partial charge in [-0.1, -0.05) is 41.9 Å². The highest BCUT2D eigenvalue weighted by Gasteiger charge is 2.42. The second-order valence-corrected chi connectivity index (χ2v) is 10.2. The summed E-state index contributed by atoms with van der Waals surface area (Å²) < 4.78 is 5.14. The van der Waals surface area contributed by atoms with Gasteiger partial charge in [-0.2, -0.15) is 0 Å². The van der Waals surface area contributed by atoms with Gasteiger partial charge in [0, 0.05) is 35.8 Å². The Bertz CT molecular complexity index is 1160. The van der Waals surface area contributed by atoms with Gasteiger partial charge >= 0.3 is 5.97 Å². The summed E-state index contributed by atoms with van der Waals surface area (Å²) in [4.78, 5) is 55.7. The van der Waals surface area contributed by atoms with E-state index in [1.54, 1.807) is 23.1 Å². The fourth-order valence-corrected chi connectivity index (χ4v) is 6.02. The van der Waals surface area contributed by atoms with Crippen LogP contribution < -0.4 is 10.2 Å². The molecule has 3 atom stereocenters. The fourth-order valence-electron chi connectivity index (χ4n) is 4.40. The van der Waals surface area contributed by atoms with Gasteiger partial charge in [-0.3, -0.25) is 19.2 Å². The highest BCUT2D eigenvalue weighted by molar-refractivity contribution is 7.99. The zero-order valence-corrected chi connectivity index (χ0v) is 21.7. The number of cyclic esters (lactones) is 1. The van der Waals surface area contributed by atoms with E-state index in [2.05, 4.69) is 5.32 Å². The lowest BCUT2D eigenvalue weighted by Gasteiger charge is -2.30. The number of carbonyl (C=O) groups is 4. The molecule has 3 amide bonds. The third-order valence-corrected chi connectivity index (χ3v) is 7.93. The predicted molar refractivity (Wildman–Crippen MR) is 138 cm³/mol. The number of esters is 1. The number of anilines is 1. The summed E-state index contributed by atoms with van der Waals surface area (Å²) in [6.07, 6.45) is -0.533. The molecule has 0 spiro atoms. The quantitative estimate of drug-likeness (QED) is 0.551. The van der Waals surface area contributed by atoms with Gasteiger partial charge in [0.25, 0.3) is 11.8 Å². The molecule has 0 aromatic heterocycles. The van der Waals surface area contributed by atoms with Gasteiger partial charge in [0.1, 0.15) is 12.6 Å². The lowest BCUT2D eigenvalue weighted by atomic mass is 10.0. The third kappa shape index (κ3) is 5.52. The van der Waals surface area contributed by atoms with Crippen molar-refractivity contribution in [3.63, 3.8) is 0 Å². The highest BCUT2D eigenvalue weighted by atomic mass is 35.5. The first-order chi connectivity index (χ1) is 17.3. The molecule has 1 saturated heterocycles. The number of hydrogen-bond acceptors (Lipinski definition) is 6. The Morgan fingerprint density at radius 3 is 2.50 bits per heavy atom. The molecule has 0 saturated carbocycles. The number of thioether (sulfide) groups is 1. The van der Waals surface area contributed by atoms with E-state index in [0.29, 0.717) is 23.8 Å². The molecular weight excluding hydrogens is 502 g/mol. The van der Waals surface area contributed by atoms with Crippen LogP contribution in [0.25, 0.3) is 0 Å². The van der Waals surface area contributed by atoms with E-state index in [4.69, 9.17) is 16.3 Å². The maximum absolute atomic E-state index is 14.1. The second kappa shape index (κ2) is 11.3. The molecule has 0 radical (unpaired) electrons. The van der Waals surface area contributed by atoms with Gasteiger partial charge < -0.3 is 19.9 Å². The molecule has 2 aliphatic heterocycles. The normalized spacial score (nSPS) is 21.4. The number of rotatable bonds is 7. The first-order valence-electron chi connectivity index (χ1n) is 11.9. The lowest BCUT2D eigenvalue weighted by molar-refractivity contribution is -0.148. The minimum absolute atomic E-state index is 0.155. The van der Waals surface area contributed by atoms with Crippen molar-refractivity contribution in [1.82, 2.24) is 10.2 Å². The number of carbonyl (C=O) groups excluding carboxylic acids is 4. The van der Waals surface area contributed by atoms with E-state index in [0.717, 1.165) is 10.5 Å². The second-order valence-electron chi connectivity index (χ2n) is 8.56. The van der Waals surface area contributed by atoms with Crippen molar-refractivity contribution < 1.29 is 23.9 Å².